The normalized spacial score (nSPS) is 22.9. The number of aromatic amines is 1. The van der Waals surface area contributed by atoms with E-state index in [0.717, 1.165) is 29.6 Å². The molecule has 1 atom stereocenters. The number of aromatic nitrogens is 3. The predicted molar refractivity (Wildman–Crippen MR) is 71.6 cm³/mol. The summed E-state index contributed by atoms with van der Waals surface area (Å²) >= 11 is 0. The average molecular weight is 262 g/mol. The Morgan fingerprint density at radius 2 is 2.11 bits per heavy atom. The summed E-state index contributed by atoms with van der Waals surface area (Å²) in [5, 5.41) is 3.54. The topological polar surface area (TPSA) is 72.1 Å². The number of nitrogens with one attached hydrogen (secondary N) is 2. The molecule has 1 saturated heterocycles. The lowest BCUT2D eigenvalue weighted by Gasteiger charge is -2.23. The first-order chi connectivity index (χ1) is 9.18. The molecule has 102 valence electrons. The molecule has 2 aromatic heterocycles. The second-order valence-electron chi connectivity index (χ2n) is 5.01. The van der Waals surface area contributed by atoms with E-state index in [1.165, 1.54) is 6.42 Å². The van der Waals surface area contributed by atoms with Gasteiger partial charge in [-0.1, -0.05) is 0 Å². The molecule has 0 aromatic carbocycles. The Hall–Kier alpha value is -1.82. The summed E-state index contributed by atoms with van der Waals surface area (Å²) in [7, 11) is 3.15. The molecule has 6 heteroatoms. The van der Waals surface area contributed by atoms with Gasteiger partial charge in [0, 0.05) is 17.3 Å². The maximum Gasteiger partial charge on any atom is 0.320 e. The zero-order valence-electron chi connectivity index (χ0n) is 11.4. The molecule has 2 N–H and O–H groups in total. The Labute approximate surface area is 111 Å². The number of methoxy groups -OCH3 is 2. The zero-order chi connectivity index (χ0) is 13.5. The minimum Gasteiger partial charge on any atom is -0.479 e. The number of nitrogens with zero attached hydrogens (tertiary/aromatic N) is 2. The van der Waals surface area contributed by atoms with Crippen molar-refractivity contribution in [2.24, 2.45) is 0 Å². The Bertz CT molecular complexity index is 602. The lowest BCUT2D eigenvalue weighted by atomic mass is 9.92. The van der Waals surface area contributed by atoms with E-state index in [0.29, 0.717) is 11.9 Å². The molecule has 3 rings (SSSR count). The Morgan fingerprint density at radius 3 is 2.74 bits per heavy atom. The van der Waals surface area contributed by atoms with Gasteiger partial charge in [-0.05, 0) is 26.3 Å². The highest BCUT2D eigenvalue weighted by Crippen LogP contribution is 2.36. The molecule has 2 aromatic rings. The standard InChI is InChI=1S/C13H18N4O2/c1-13(5-4-6-15-13)8-7-14-10-9(8)16-12(19-3)17-11(10)18-2/h7,14-15H,4-6H2,1-3H3. The van der Waals surface area contributed by atoms with Gasteiger partial charge in [-0.15, -0.1) is 0 Å². The average Bonchev–Trinajstić information content (AvgIpc) is 3.04. The highest BCUT2D eigenvalue weighted by atomic mass is 16.5. The van der Waals surface area contributed by atoms with E-state index in [1.54, 1.807) is 14.2 Å². The molecule has 1 fully saturated rings. The van der Waals surface area contributed by atoms with Crippen LogP contribution in [0.4, 0.5) is 0 Å². The van der Waals surface area contributed by atoms with Gasteiger partial charge in [0.25, 0.3) is 0 Å². The third-order valence-electron chi connectivity index (χ3n) is 3.81. The van der Waals surface area contributed by atoms with E-state index in [4.69, 9.17) is 9.47 Å². The highest BCUT2D eigenvalue weighted by Gasteiger charge is 2.33. The van der Waals surface area contributed by atoms with Crippen molar-refractivity contribution >= 4 is 11.0 Å². The maximum absolute atomic E-state index is 5.30. The molecule has 19 heavy (non-hydrogen) atoms. The van der Waals surface area contributed by atoms with Crippen LogP contribution in [0, 0.1) is 0 Å². The fourth-order valence-electron chi connectivity index (χ4n) is 2.74. The van der Waals surface area contributed by atoms with Crippen LogP contribution < -0.4 is 14.8 Å². The Balaban J connectivity index is 2.21. The van der Waals surface area contributed by atoms with E-state index < -0.39 is 0 Å². The molecule has 1 aliphatic heterocycles. The SMILES string of the molecule is COc1nc(OC)c2[nH]cc(C3(C)CCCN3)c2n1. The van der Waals surface area contributed by atoms with Gasteiger partial charge in [-0.3, -0.25) is 0 Å². The van der Waals surface area contributed by atoms with Crippen molar-refractivity contribution in [2.45, 2.75) is 25.3 Å². The maximum atomic E-state index is 5.30. The number of hydrogen-bond acceptors (Lipinski definition) is 5. The van der Waals surface area contributed by atoms with Crippen molar-refractivity contribution < 1.29 is 9.47 Å². The minimum absolute atomic E-state index is 0.0530. The Morgan fingerprint density at radius 1 is 1.26 bits per heavy atom. The summed E-state index contributed by atoms with van der Waals surface area (Å²) in [6.45, 7) is 3.23. The number of fused-ring (bicyclic) bond motifs is 1. The summed E-state index contributed by atoms with van der Waals surface area (Å²) in [6, 6.07) is 0.326. The molecule has 0 spiro atoms. The second kappa shape index (κ2) is 4.38. The van der Waals surface area contributed by atoms with Gasteiger partial charge in [-0.2, -0.15) is 9.97 Å². The van der Waals surface area contributed by atoms with Gasteiger partial charge in [-0.25, -0.2) is 0 Å². The van der Waals surface area contributed by atoms with E-state index in [1.807, 2.05) is 6.20 Å². The van der Waals surface area contributed by atoms with E-state index in [9.17, 15) is 0 Å². The van der Waals surface area contributed by atoms with Crippen molar-refractivity contribution in [2.75, 3.05) is 20.8 Å². The molecular formula is C13H18N4O2. The molecule has 1 aliphatic rings. The third-order valence-corrected chi connectivity index (χ3v) is 3.81. The van der Waals surface area contributed by atoms with Crippen molar-refractivity contribution in [3.8, 4) is 11.9 Å². The van der Waals surface area contributed by atoms with Crippen LogP contribution in [0.3, 0.4) is 0 Å². The predicted octanol–water partition coefficient (Wildman–Crippen LogP) is 1.57. The van der Waals surface area contributed by atoms with Gasteiger partial charge in [0.05, 0.1) is 14.2 Å². The monoisotopic (exact) mass is 262 g/mol. The zero-order valence-corrected chi connectivity index (χ0v) is 11.4. The summed E-state index contributed by atoms with van der Waals surface area (Å²) in [4.78, 5) is 11.9. The highest BCUT2D eigenvalue weighted by molar-refractivity contribution is 5.84. The van der Waals surface area contributed by atoms with E-state index in [2.05, 4.69) is 27.2 Å². The quantitative estimate of drug-likeness (QED) is 0.878. The number of rotatable bonds is 3. The Kier molecular flexibility index (Phi) is 2.82. The minimum atomic E-state index is -0.0530. The fraction of sp³-hybridized carbons (Fsp3) is 0.538. The van der Waals surface area contributed by atoms with Gasteiger partial charge < -0.3 is 19.8 Å². The summed E-state index contributed by atoms with van der Waals surface area (Å²) < 4.78 is 10.4. The first-order valence-corrected chi connectivity index (χ1v) is 6.40. The second-order valence-corrected chi connectivity index (χ2v) is 5.01. The van der Waals surface area contributed by atoms with Crippen LogP contribution >= 0.6 is 0 Å². The summed E-state index contributed by atoms with van der Waals surface area (Å²) in [5.41, 5.74) is 2.76. The fourth-order valence-corrected chi connectivity index (χ4v) is 2.74. The van der Waals surface area contributed by atoms with Gasteiger partial charge in [0.1, 0.15) is 11.0 Å². The van der Waals surface area contributed by atoms with E-state index >= 15 is 0 Å². The van der Waals surface area contributed by atoms with Gasteiger partial charge in [0.2, 0.25) is 5.88 Å². The van der Waals surface area contributed by atoms with Crippen molar-refractivity contribution in [1.29, 1.82) is 0 Å². The molecule has 1 unspecified atom stereocenters. The first kappa shape index (κ1) is 12.2. The summed E-state index contributed by atoms with van der Waals surface area (Å²) in [5.74, 6) is 0.509. The number of ether oxygens (including phenoxy) is 2. The summed E-state index contributed by atoms with van der Waals surface area (Å²) in [6.07, 6.45) is 4.25. The largest absolute Gasteiger partial charge is 0.479 e. The van der Waals surface area contributed by atoms with Crippen molar-refractivity contribution in [1.82, 2.24) is 20.3 Å². The van der Waals surface area contributed by atoms with E-state index in [-0.39, 0.29) is 5.54 Å². The smallest absolute Gasteiger partial charge is 0.320 e. The molecule has 6 nitrogen and oxygen atoms in total. The van der Waals surface area contributed by atoms with Gasteiger partial charge in [0.15, 0.2) is 0 Å². The van der Waals surface area contributed by atoms with Crippen molar-refractivity contribution in [3.63, 3.8) is 0 Å². The molecule has 0 amide bonds. The molecular weight excluding hydrogens is 244 g/mol. The lowest BCUT2D eigenvalue weighted by molar-refractivity contribution is 0.356. The van der Waals surface area contributed by atoms with Crippen LogP contribution in [0.15, 0.2) is 6.20 Å². The first-order valence-electron chi connectivity index (χ1n) is 6.40. The van der Waals surface area contributed by atoms with Crippen LogP contribution in [0.2, 0.25) is 0 Å². The van der Waals surface area contributed by atoms with Crippen LogP contribution in [-0.4, -0.2) is 35.7 Å². The molecule has 0 saturated carbocycles. The van der Waals surface area contributed by atoms with Crippen molar-refractivity contribution in [3.05, 3.63) is 11.8 Å². The lowest BCUT2D eigenvalue weighted by Crippen LogP contribution is -2.32. The number of H-pyrrole nitrogens is 1. The molecule has 0 aliphatic carbocycles. The van der Waals surface area contributed by atoms with Crippen LogP contribution in [0.25, 0.3) is 11.0 Å². The van der Waals surface area contributed by atoms with Gasteiger partial charge >= 0.3 is 6.01 Å². The third kappa shape index (κ3) is 1.83. The molecule has 0 bridgehead atoms. The van der Waals surface area contributed by atoms with Crippen LogP contribution in [0.1, 0.15) is 25.3 Å². The number of hydrogen-bond donors (Lipinski definition) is 2. The van der Waals surface area contributed by atoms with Crippen LogP contribution in [-0.2, 0) is 5.54 Å². The molecule has 0 radical (unpaired) electrons. The van der Waals surface area contributed by atoms with Crippen LogP contribution in [0.5, 0.6) is 11.9 Å². The molecule has 3 heterocycles.